The lowest BCUT2D eigenvalue weighted by Crippen LogP contribution is -2.36. The molecule has 0 atom stereocenters. The topological polar surface area (TPSA) is 77.7 Å². The average molecular weight is 253 g/mol. The predicted octanol–water partition coefficient (Wildman–Crippen LogP) is 0.399. The van der Waals surface area contributed by atoms with Crippen molar-refractivity contribution in [1.29, 1.82) is 0 Å². The molecule has 0 saturated heterocycles. The molecule has 1 aromatic rings. The van der Waals surface area contributed by atoms with Crippen LogP contribution in [-0.4, -0.2) is 56.3 Å². The lowest BCUT2D eigenvalue weighted by molar-refractivity contribution is 0.0628. The molecule has 1 rings (SSSR count). The third-order valence-corrected chi connectivity index (χ3v) is 2.49. The maximum atomic E-state index is 12.3. The van der Waals surface area contributed by atoms with Crippen molar-refractivity contribution in [3.05, 3.63) is 23.9 Å². The first-order valence-electron chi connectivity index (χ1n) is 5.68. The van der Waals surface area contributed by atoms with Gasteiger partial charge >= 0.3 is 0 Å². The van der Waals surface area contributed by atoms with Crippen LogP contribution < -0.4 is 5.73 Å². The second kappa shape index (κ2) is 7.62. The first-order valence-corrected chi connectivity index (χ1v) is 5.68. The Balaban J connectivity index is 2.77. The molecule has 0 aliphatic rings. The Kier molecular flexibility index (Phi) is 6.10. The zero-order valence-corrected chi connectivity index (χ0v) is 10.8. The number of anilines is 1. The summed E-state index contributed by atoms with van der Waals surface area (Å²) in [6.07, 6.45) is 1.56. The highest BCUT2D eigenvalue weighted by Gasteiger charge is 2.17. The van der Waals surface area contributed by atoms with Crippen LogP contribution in [0.2, 0.25) is 0 Å². The number of hydrogen-bond donors (Lipinski definition) is 1. The number of methoxy groups -OCH3 is 2. The van der Waals surface area contributed by atoms with Crippen LogP contribution in [0.4, 0.5) is 5.82 Å². The van der Waals surface area contributed by atoms with Gasteiger partial charge in [0.2, 0.25) is 0 Å². The number of aromatic nitrogens is 1. The molecule has 1 heterocycles. The number of carbonyl (C=O) groups is 1. The molecule has 6 nitrogen and oxygen atoms in total. The van der Waals surface area contributed by atoms with Crippen LogP contribution in [0.1, 0.15) is 10.4 Å². The fourth-order valence-corrected chi connectivity index (χ4v) is 1.49. The number of ether oxygens (including phenoxy) is 2. The lowest BCUT2D eigenvalue weighted by Gasteiger charge is -2.22. The van der Waals surface area contributed by atoms with E-state index in [-0.39, 0.29) is 11.7 Å². The second-order valence-corrected chi connectivity index (χ2v) is 3.71. The standard InChI is InChI=1S/C12H19N3O3/c1-17-8-6-15(7-9-18-2)12(16)10-4-3-5-14-11(10)13/h3-5H,6-9H2,1-2H3,(H2,13,14). The molecule has 0 radical (unpaired) electrons. The zero-order valence-electron chi connectivity index (χ0n) is 10.8. The summed E-state index contributed by atoms with van der Waals surface area (Å²) in [6.45, 7) is 1.92. The molecule has 1 amide bonds. The van der Waals surface area contributed by atoms with Gasteiger partial charge in [-0.2, -0.15) is 0 Å². The summed E-state index contributed by atoms with van der Waals surface area (Å²) in [5.74, 6) is 0.0806. The Morgan fingerprint density at radius 3 is 2.44 bits per heavy atom. The summed E-state index contributed by atoms with van der Waals surface area (Å²) >= 11 is 0. The van der Waals surface area contributed by atoms with Crippen LogP contribution >= 0.6 is 0 Å². The van der Waals surface area contributed by atoms with Gasteiger partial charge in [0.25, 0.3) is 5.91 Å². The van der Waals surface area contributed by atoms with E-state index < -0.39 is 0 Å². The summed E-state index contributed by atoms with van der Waals surface area (Å²) in [7, 11) is 3.19. The smallest absolute Gasteiger partial charge is 0.257 e. The molecule has 6 heteroatoms. The van der Waals surface area contributed by atoms with Crippen molar-refractivity contribution >= 4 is 11.7 Å². The van der Waals surface area contributed by atoms with E-state index in [2.05, 4.69) is 4.98 Å². The highest BCUT2D eigenvalue weighted by atomic mass is 16.5. The third-order valence-electron chi connectivity index (χ3n) is 2.49. The maximum absolute atomic E-state index is 12.3. The highest BCUT2D eigenvalue weighted by molar-refractivity contribution is 5.98. The van der Waals surface area contributed by atoms with Crippen LogP contribution in [0.15, 0.2) is 18.3 Å². The number of pyridine rings is 1. The van der Waals surface area contributed by atoms with Crippen molar-refractivity contribution in [2.45, 2.75) is 0 Å². The molecule has 0 fully saturated rings. The van der Waals surface area contributed by atoms with E-state index in [4.69, 9.17) is 15.2 Å². The van der Waals surface area contributed by atoms with Crippen molar-refractivity contribution in [3.63, 3.8) is 0 Å². The van der Waals surface area contributed by atoms with Crippen molar-refractivity contribution in [2.75, 3.05) is 46.3 Å². The van der Waals surface area contributed by atoms with E-state index in [0.717, 1.165) is 0 Å². The number of carbonyl (C=O) groups excluding carboxylic acids is 1. The van der Waals surface area contributed by atoms with E-state index >= 15 is 0 Å². The van der Waals surface area contributed by atoms with Gasteiger partial charge in [0.1, 0.15) is 5.82 Å². The van der Waals surface area contributed by atoms with E-state index in [1.807, 2.05) is 0 Å². The SMILES string of the molecule is COCCN(CCOC)C(=O)c1cccnc1N. The molecule has 0 unspecified atom stereocenters. The minimum atomic E-state index is -0.158. The quantitative estimate of drug-likeness (QED) is 0.761. The maximum Gasteiger partial charge on any atom is 0.257 e. The number of nitrogen functional groups attached to an aromatic ring is 1. The molecule has 0 aliphatic carbocycles. The Morgan fingerprint density at radius 2 is 1.94 bits per heavy atom. The summed E-state index contributed by atoms with van der Waals surface area (Å²) in [5, 5.41) is 0. The average Bonchev–Trinajstić information content (AvgIpc) is 2.39. The molecule has 0 aliphatic heterocycles. The molecular formula is C12H19N3O3. The highest BCUT2D eigenvalue weighted by Crippen LogP contribution is 2.10. The Hall–Kier alpha value is -1.66. The normalized spacial score (nSPS) is 10.3. The van der Waals surface area contributed by atoms with Crippen LogP contribution in [0.25, 0.3) is 0 Å². The van der Waals surface area contributed by atoms with E-state index in [1.54, 1.807) is 37.4 Å². The molecule has 100 valence electrons. The van der Waals surface area contributed by atoms with Gasteiger partial charge in [-0.1, -0.05) is 0 Å². The molecular weight excluding hydrogens is 234 g/mol. The number of rotatable bonds is 7. The number of nitrogens with zero attached hydrogens (tertiary/aromatic N) is 2. The summed E-state index contributed by atoms with van der Waals surface area (Å²) in [5.41, 5.74) is 6.10. The first kappa shape index (κ1) is 14.4. The predicted molar refractivity (Wildman–Crippen MR) is 68.3 cm³/mol. The van der Waals surface area contributed by atoms with Gasteiger partial charge < -0.3 is 20.1 Å². The van der Waals surface area contributed by atoms with Crippen LogP contribution in [-0.2, 0) is 9.47 Å². The largest absolute Gasteiger partial charge is 0.383 e. The summed E-state index contributed by atoms with van der Waals surface area (Å²) in [4.78, 5) is 17.8. The van der Waals surface area contributed by atoms with E-state index in [0.29, 0.717) is 31.9 Å². The Bertz CT molecular complexity index is 377. The number of nitrogens with two attached hydrogens (primary N) is 1. The number of amides is 1. The van der Waals surface area contributed by atoms with Gasteiger partial charge in [0, 0.05) is 33.5 Å². The minimum absolute atomic E-state index is 0.158. The van der Waals surface area contributed by atoms with E-state index in [9.17, 15) is 4.79 Å². The van der Waals surface area contributed by atoms with Gasteiger partial charge in [-0.25, -0.2) is 4.98 Å². The molecule has 0 bridgehead atoms. The number of hydrogen-bond acceptors (Lipinski definition) is 5. The third kappa shape index (κ3) is 3.97. The van der Waals surface area contributed by atoms with Gasteiger partial charge in [-0.15, -0.1) is 0 Å². The second-order valence-electron chi connectivity index (χ2n) is 3.71. The van der Waals surface area contributed by atoms with Gasteiger partial charge in [-0.3, -0.25) is 4.79 Å². The fourth-order valence-electron chi connectivity index (χ4n) is 1.49. The van der Waals surface area contributed by atoms with Crippen molar-refractivity contribution in [1.82, 2.24) is 9.88 Å². The Morgan fingerprint density at radius 1 is 1.33 bits per heavy atom. The summed E-state index contributed by atoms with van der Waals surface area (Å²) < 4.78 is 9.97. The van der Waals surface area contributed by atoms with Gasteiger partial charge in [-0.05, 0) is 12.1 Å². The molecule has 0 saturated carbocycles. The van der Waals surface area contributed by atoms with Crippen LogP contribution in [0.3, 0.4) is 0 Å². The summed E-state index contributed by atoms with van der Waals surface area (Å²) in [6, 6.07) is 3.35. The first-order chi connectivity index (χ1) is 8.70. The lowest BCUT2D eigenvalue weighted by atomic mass is 10.2. The zero-order chi connectivity index (χ0) is 13.4. The molecule has 2 N–H and O–H groups in total. The molecule has 0 spiro atoms. The van der Waals surface area contributed by atoms with Gasteiger partial charge in [0.15, 0.2) is 0 Å². The Labute approximate surface area is 107 Å². The van der Waals surface area contributed by atoms with Crippen molar-refractivity contribution in [3.8, 4) is 0 Å². The molecule has 0 aromatic carbocycles. The minimum Gasteiger partial charge on any atom is -0.383 e. The molecule has 18 heavy (non-hydrogen) atoms. The van der Waals surface area contributed by atoms with Crippen LogP contribution in [0.5, 0.6) is 0 Å². The van der Waals surface area contributed by atoms with E-state index in [1.165, 1.54) is 0 Å². The van der Waals surface area contributed by atoms with Crippen molar-refractivity contribution < 1.29 is 14.3 Å². The molecule has 1 aromatic heterocycles. The van der Waals surface area contributed by atoms with Crippen molar-refractivity contribution in [2.24, 2.45) is 0 Å². The monoisotopic (exact) mass is 253 g/mol. The van der Waals surface area contributed by atoms with Crippen LogP contribution in [0, 0.1) is 0 Å². The van der Waals surface area contributed by atoms with Gasteiger partial charge in [0.05, 0.1) is 18.8 Å². The fraction of sp³-hybridized carbons (Fsp3) is 0.500.